The molecule has 0 unspecified atom stereocenters. The number of nitrogens with zero attached hydrogens (tertiary/aromatic N) is 6. The number of nitrogens with one attached hydrogen (secondary N) is 1. The molecular formula is C32H29F6N7O2. The zero-order chi connectivity index (χ0) is 33.3. The Hall–Kier alpha value is -4.92. The number of alkyl halides is 5. The highest BCUT2D eigenvalue weighted by Gasteiger charge is 2.34. The fourth-order valence-corrected chi connectivity index (χ4v) is 5.94. The molecule has 0 aliphatic carbocycles. The molecule has 1 fully saturated rings. The van der Waals surface area contributed by atoms with Gasteiger partial charge in [0.15, 0.2) is 0 Å². The smallest absolute Gasteiger partial charge is 0.401 e. The lowest BCUT2D eigenvalue weighted by molar-refractivity contribution is -0.147. The minimum atomic E-state index is -4.30. The van der Waals surface area contributed by atoms with Gasteiger partial charge in [0, 0.05) is 61.1 Å². The van der Waals surface area contributed by atoms with E-state index in [0.29, 0.717) is 41.8 Å². The predicted octanol–water partition coefficient (Wildman–Crippen LogP) is 6.98. The van der Waals surface area contributed by atoms with E-state index in [2.05, 4.69) is 20.2 Å². The van der Waals surface area contributed by atoms with Gasteiger partial charge >= 0.3 is 12.6 Å². The lowest BCUT2D eigenvalue weighted by atomic mass is 9.97. The van der Waals surface area contributed by atoms with Crippen molar-refractivity contribution in [2.24, 2.45) is 0 Å². The van der Waals surface area contributed by atoms with E-state index in [1.165, 1.54) is 28.1 Å². The Kier molecular flexibility index (Phi) is 8.90. The minimum Gasteiger partial charge on any atom is -0.415 e. The van der Waals surface area contributed by atoms with Gasteiger partial charge in [-0.05, 0) is 48.7 Å². The van der Waals surface area contributed by atoms with Gasteiger partial charge in [-0.15, -0.1) is 10.2 Å². The molecule has 1 aliphatic heterocycles. The number of aromatic amines is 1. The van der Waals surface area contributed by atoms with Crippen molar-refractivity contribution >= 4 is 28.7 Å². The Morgan fingerprint density at radius 3 is 2.51 bits per heavy atom. The van der Waals surface area contributed by atoms with Crippen LogP contribution in [0.4, 0.5) is 37.7 Å². The third-order valence-corrected chi connectivity index (χ3v) is 8.31. The van der Waals surface area contributed by atoms with Gasteiger partial charge in [-0.25, -0.2) is 4.39 Å². The van der Waals surface area contributed by atoms with Crippen molar-refractivity contribution < 1.29 is 35.6 Å². The van der Waals surface area contributed by atoms with E-state index in [-0.39, 0.29) is 42.8 Å². The number of piperidine rings is 1. The molecule has 0 spiro atoms. The molecule has 1 saturated heterocycles. The van der Waals surface area contributed by atoms with Crippen LogP contribution in [0.15, 0.2) is 65.3 Å². The highest BCUT2D eigenvalue weighted by atomic mass is 19.4. The summed E-state index contributed by atoms with van der Waals surface area (Å²) in [5.74, 6) is -1.55. The monoisotopic (exact) mass is 657 g/mol. The van der Waals surface area contributed by atoms with E-state index in [1.54, 1.807) is 37.5 Å². The molecule has 0 bridgehead atoms. The van der Waals surface area contributed by atoms with E-state index >= 15 is 4.39 Å². The van der Waals surface area contributed by atoms with E-state index in [1.807, 2.05) is 17.0 Å². The molecule has 1 aliphatic rings. The molecule has 1 amide bonds. The Morgan fingerprint density at radius 1 is 1.06 bits per heavy atom. The normalized spacial score (nSPS) is 14.6. The molecule has 9 nitrogen and oxygen atoms in total. The third-order valence-electron chi connectivity index (χ3n) is 8.31. The number of likely N-dealkylation sites (tertiary alicyclic amines) is 1. The van der Waals surface area contributed by atoms with Crippen LogP contribution >= 0.6 is 0 Å². The van der Waals surface area contributed by atoms with Crippen molar-refractivity contribution in [3.63, 3.8) is 0 Å². The van der Waals surface area contributed by atoms with Crippen LogP contribution in [0.5, 0.6) is 0 Å². The average molecular weight is 658 g/mol. The summed E-state index contributed by atoms with van der Waals surface area (Å²) >= 11 is 0. The van der Waals surface area contributed by atoms with Gasteiger partial charge in [0.2, 0.25) is 12.3 Å². The highest BCUT2D eigenvalue weighted by Crippen LogP contribution is 2.40. The van der Waals surface area contributed by atoms with E-state index < -0.39 is 30.9 Å². The molecule has 0 atom stereocenters. The van der Waals surface area contributed by atoms with Crippen LogP contribution in [0.3, 0.4) is 0 Å². The number of amides is 1. The van der Waals surface area contributed by atoms with E-state index in [9.17, 15) is 26.7 Å². The summed E-state index contributed by atoms with van der Waals surface area (Å²) in [6.45, 7) is -0.603. The lowest BCUT2D eigenvalue weighted by Gasteiger charge is -2.39. The van der Waals surface area contributed by atoms with Crippen LogP contribution in [0.1, 0.15) is 30.9 Å². The zero-order valence-electron chi connectivity index (χ0n) is 25.0. The van der Waals surface area contributed by atoms with Crippen LogP contribution in [-0.2, 0) is 11.3 Å². The minimum absolute atomic E-state index is 0.0764. The van der Waals surface area contributed by atoms with Crippen LogP contribution in [0, 0.1) is 5.82 Å². The van der Waals surface area contributed by atoms with Gasteiger partial charge in [0.25, 0.3) is 5.89 Å². The molecule has 3 aromatic heterocycles. The summed E-state index contributed by atoms with van der Waals surface area (Å²) < 4.78 is 85.8. The molecule has 0 radical (unpaired) electrons. The molecule has 6 rings (SSSR count). The van der Waals surface area contributed by atoms with Crippen LogP contribution < -0.4 is 9.80 Å². The second-order valence-corrected chi connectivity index (χ2v) is 11.3. The summed E-state index contributed by atoms with van der Waals surface area (Å²) in [5.41, 5.74) is 3.18. The predicted molar refractivity (Wildman–Crippen MR) is 162 cm³/mol. The van der Waals surface area contributed by atoms with Gasteiger partial charge in [0.1, 0.15) is 5.82 Å². The topological polar surface area (TPSA) is 94.4 Å². The number of carbonyl (C=O) groups is 1. The van der Waals surface area contributed by atoms with Gasteiger partial charge < -0.3 is 19.2 Å². The second-order valence-electron chi connectivity index (χ2n) is 11.3. The Bertz CT molecular complexity index is 1850. The largest absolute Gasteiger partial charge is 0.415 e. The molecular weight excluding hydrogens is 628 g/mol. The van der Waals surface area contributed by atoms with Crippen molar-refractivity contribution in [2.75, 3.05) is 36.5 Å². The van der Waals surface area contributed by atoms with Crippen molar-refractivity contribution in [1.82, 2.24) is 25.1 Å². The number of fused-ring (bicyclic) bond motifs is 1. The first-order valence-corrected chi connectivity index (χ1v) is 14.7. The number of aromatic nitrogens is 4. The number of carbonyl (C=O) groups excluding carboxylic acids is 1. The molecule has 4 heterocycles. The van der Waals surface area contributed by atoms with E-state index in [0.717, 1.165) is 10.9 Å². The van der Waals surface area contributed by atoms with Crippen molar-refractivity contribution in [2.45, 2.75) is 38.0 Å². The molecule has 0 saturated carbocycles. The molecule has 15 heteroatoms. The number of benzene rings is 2. The SMILES string of the molecule is CN(c1cc(-c2cccc3[nH]ccc23)c(F)cc1N(C=O)Cc1ccc(-c2nnc(C(F)F)o2)cn1)C1CCN(CC(F)(F)F)CC1. The fourth-order valence-electron chi connectivity index (χ4n) is 5.94. The van der Waals surface area contributed by atoms with Crippen LogP contribution in [-0.4, -0.2) is 70.4 Å². The quantitative estimate of drug-likeness (QED) is 0.128. The maximum atomic E-state index is 16.0. The number of hydrogen-bond acceptors (Lipinski definition) is 7. The molecule has 47 heavy (non-hydrogen) atoms. The number of rotatable bonds is 10. The van der Waals surface area contributed by atoms with Gasteiger partial charge in [-0.1, -0.05) is 12.1 Å². The van der Waals surface area contributed by atoms with Crippen LogP contribution in [0.2, 0.25) is 0 Å². The number of hydrogen-bond donors (Lipinski definition) is 1. The van der Waals surface area contributed by atoms with Crippen LogP contribution in [0.25, 0.3) is 33.5 Å². The Balaban J connectivity index is 1.33. The first kappa shape index (κ1) is 32.0. The number of pyridine rings is 1. The molecule has 1 N–H and O–H groups in total. The lowest BCUT2D eigenvalue weighted by Crippen LogP contribution is -2.46. The summed E-state index contributed by atoms with van der Waals surface area (Å²) in [7, 11) is 1.79. The van der Waals surface area contributed by atoms with Crippen molar-refractivity contribution in [1.29, 1.82) is 0 Å². The summed E-state index contributed by atoms with van der Waals surface area (Å²) in [4.78, 5) is 24.5. The summed E-state index contributed by atoms with van der Waals surface area (Å²) in [6.07, 6.45) is -2.72. The van der Waals surface area contributed by atoms with Gasteiger partial charge in [0.05, 0.1) is 35.7 Å². The fraction of sp³-hybridized carbons (Fsp3) is 0.312. The maximum Gasteiger partial charge on any atom is 0.401 e. The number of H-pyrrole nitrogens is 1. The second kappa shape index (κ2) is 13.1. The first-order chi connectivity index (χ1) is 22.5. The highest BCUT2D eigenvalue weighted by molar-refractivity contribution is 5.97. The molecule has 246 valence electrons. The summed E-state index contributed by atoms with van der Waals surface area (Å²) in [6, 6.07) is 13.1. The summed E-state index contributed by atoms with van der Waals surface area (Å²) in [5, 5.41) is 7.71. The molecule has 5 aromatic rings. The van der Waals surface area contributed by atoms with Crippen molar-refractivity contribution in [3.8, 4) is 22.6 Å². The first-order valence-electron chi connectivity index (χ1n) is 14.7. The standard InChI is InChI=1S/C32H29F6N7O2/c1-43(21-8-11-44(12-9-21)17-32(36,37)38)27-13-24(22-3-2-4-26-23(22)7-10-39-26)25(33)14-28(27)45(18-46)16-20-6-5-19(15-40-20)30-41-42-31(47-30)29(34)35/h2-7,10,13-15,18,21,29,39H,8-9,11-12,16-17H2,1H3. The van der Waals surface area contributed by atoms with Crippen molar-refractivity contribution in [3.05, 3.63) is 78.3 Å². The average Bonchev–Trinajstić information content (AvgIpc) is 3.74. The van der Waals surface area contributed by atoms with Gasteiger partial charge in [-0.3, -0.25) is 14.7 Å². The Morgan fingerprint density at radius 2 is 1.85 bits per heavy atom. The molecule has 2 aromatic carbocycles. The maximum absolute atomic E-state index is 16.0. The number of anilines is 2. The Labute approximate surface area is 264 Å². The van der Waals surface area contributed by atoms with E-state index in [4.69, 9.17) is 4.42 Å². The van der Waals surface area contributed by atoms with Gasteiger partial charge in [-0.2, -0.15) is 22.0 Å². The third kappa shape index (κ3) is 6.94. The zero-order valence-corrected chi connectivity index (χ0v) is 25.0. The number of halogens is 6.